The average molecular weight is 592 g/mol. The predicted molar refractivity (Wildman–Crippen MR) is 146 cm³/mol. The zero-order valence-corrected chi connectivity index (χ0v) is 24.4. The monoisotopic (exact) mass is 591 g/mol. The maximum Gasteiger partial charge on any atom is 0.405 e. The molecule has 1 fully saturated rings. The van der Waals surface area contributed by atoms with E-state index < -0.39 is 43.1 Å². The van der Waals surface area contributed by atoms with Gasteiger partial charge in [0.25, 0.3) is 5.56 Å². The second-order valence-electron chi connectivity index (χ2n) is 10.2. The van der Waals surface area contributed by atoms with E-state index in [4.69, 9.17) is 19.5 Å². The van der Waals surface area contributed by atoms with Gasteiger partial charge in [-0.25, -0.2) is 14.6 Å². The molecule has 0 aromatic carbocycles. The summed E-state index contributed by atoms with van der Waals surface area (Å²) in [7, 11) is -0.127. The van der Waals surface area contributed by atoms with Crippen LogP contribution >= 0.6 is 19.5 Å². The van der Waals surface area contributed by atoms with Crippen LogP contribution < -0.4 is 16.4 Å². The fourth-order valence-corrected chi connectivity index (χ4v) is 5.98. The number of nitrogen functional groups attached to an aromatic ring is 1. The van der Waals surface area contributed by atoms with Gasteiger partial charge in [-0.1, -0.05) is 18.7 Å². The van der Waals surface area contributed by atoms with E-state index in [2.05, 4.69) is 20.0 Å². The summed E-state index contributed by atoms with van der Waals surface area (Å²) in [5, 5.41) is 22.8. The lowest BCUT2D eigenvalue weighted by atomic mass is 9.97. The summed E-state index contributed by atoms with van der Waals surface area (Å²) in [4.78, 5) is 36.9. The topological polar surface area (TPSA) is 207 Å². The molecule has 5 atom stereocenters. The van der Waals surface area contributed by atoms with Gasteiger partial charge in [-0.3, -0.25) is 28.2 Å². The van der Waals surface area contributed by atoms with Gasteiger partial charge in [-0.15, -0.1) is 0 Å². The number of likely N-dealkylation sites (N-methyl/N-ethyl adjacent to an activating group) is 1. The second kappa shape index (κ2) is 13.2. The Morgan fingerprint density at radius 1 is 1.41 bits per heavy atom. The first-order valence-corrected chi connectivity index (χ1v) is 14.9. The third-order valence-corrected chi connectivity index (χ3v) is 9.02. The van der Waals surface area contributed by atoms with Crippen molar-refractivity contribution in [3.63, 3.8) is 0 Å². The summed E-state index contributed by atoms with van der Waals surface area (Å²) < 4.78 is 32.3. The minimum Gasteiger partial charge on any atom is -0.395 e. The largest absolute Gasteiger partial charge is 0.405 e. The molecular weight excluding hydrogens is 553 g/mol. The summed E-state index contributed by atoms with van der Waals surface area (Å²) in [6, 6.07) is 0. The fraction of sp³-hybridized carbons (Fsp3) is 0.727. The van der Waals surface area contributed by atoms with Crippen molar-refractivity contribution in [2.75, 3.05) is 58.5 Å². The molecule has 0 aliphatic carbocycles. The minimum absolute atomic E-state index is 0.0556. The van der Waals surface area contributed by atoms with Gasteiger partial charge >= 0.3 is 7.75 Å². The Balaban J connectivity index is 1.65. The van der Waals surface area contributed by atoms with Gasteiger partial charge in [0, 0.05) is 24.8 Å². The van der Waals surface area contributed by atoms with Gasteiger partial charge in [0.15, 0.2) is 16.3 Å². The fourth-order valence-electron chi connectivity index (χ4n) is 3.74. The molecule has 1 saturated heterocycles. The highest BCUT2D eigenvalue weighted by Crippen LogP contribution is 2.45. The van der Waals surface area contributed by atoms with Gasteiger partial charge in [0.2, 0.25) is 5.95 Å². The molecule has 6 N–H and O–H groups in total. The van der Waals surface area contributed by atoms with Gasteiger partial charge in [-0.2, -0.15) is 4.98 Å². The number of carbonyl (C=O) groups is 1. The van der Waals surface area contributed by atoms with Crippen molar-refractivity contribution in [3.05, 3.63) is 16.7 Å². The lowest BCUT2D eigenvalue weighted by Crippen LogP contribution is -2.31. The number of anilines is 1. The molecule has 0 amide bonds. The number of aliphatic hydroxyl groups is 2. The van der Waals surface area contributed by atoms with E-state index in [0.717, 1.165) is 11.8 Å². The van der Waals surface area contributed by atoms with Crippen molar-refractivity contribution < 1.29 is 33.4 Å². The van der Waals surface area contributed by atoms with Crippen LogP contribution in [0.4, 0.5) is 5.95 Å². The van der Waals surface area contributed by atoms with E-state index >= 15 is 0 Å². The number of imidazole rings is 1. The molecule has 1 aliphatic heterocycles. The zero-order valence-electron chi connectivity index (χ0n) is 22.7. The van der Waals surface area contributed by atoms with E-state index in [1.54, 1.807) is 20.8 Å². The molecule has 2 aromatic heterocycles. The Bertz CT molecular complexity index is 1240. The normalized spacial score (nSPS) is 23.5. The first kappa shape index (κ1) is 31.6. The molecule has 1 aliphatic rings. The summed E-state index contributed by atoms with van der Waals surface area (Å²) in [6.45, 7) is 5.27. The van der Waals surface area contributed by atoms with Crippen LogP contribution in [-0.2, 0) is 23.1 Å². The Morgan fingerprint density at radius 2 is 2.13 bits per heavy atom. The number of nitrogens with two attached hydrogens (primary N) is 1. The summed E-state index contributed by atoms with van der Waals surface area (Å²) in [5.41, 5.74) is 4.58. The van der Waals surface area contributed by atoms with Gasteiger partial charge in [0.05, 0.1) is 37.7 Å². The van der Waals surface area contributed by atoms with Crippen LogP contribution in [0, 0.1) is 11.3 Å². The smallest absolute Gasteiger partial charge is 0.395 e. The SMILES string of the molecule is CC1C(O)C(COP(=O)(NCCN(C)C)OCCSC(=O)C(C)(C)CO)OC1n1cnc2c(=O)[nH]c(N)nc21. The van der Waals surface area contributed by atoms with E-state index in [9.17, 15) is 24.4 Å². The Morgan fingerprint density at radius 3 is 2.79 bits per heavy atom. The summed E-state index contributed by atoms with van der Waals surface area (Å²) in [6.07, 6.45) is -1.24. The van der Waals surface area contributed by atoms with Crippen molar-refractivity contribution in [1.82, 2.24) is 29.5 Å². The maximum absolute atomic E-state index is 13.5. The minimum atomic E-state index is -3.85. The molecule has 2 aromatic rings. The van der Waals surface area contributed by atoms with Crippen LogP contribution in [0.5, 0.6) is 0 Å². The maximum atomic E-state index is 13.5. The van der Waals surface area contributed by atoms with Crippen LogP contribution in [0.2, 0.25) is 0 Å². The predicted octanol–water partition coefficient (Wildman–Crippen LogP) is 0.167. The Kier molecular flexibility index (Phi) is 10.7. The number of aliphatic hydroxyl groups excluding tert-OH is 2. The summed E-state index contributed by atoms with van der Waals surface area (Å²) in [5.74, 6) is -0.338. The molecule has 3 rings (SSSR count). The van der Waals surface area contributed by atoms with Crippen LogP contribution in [0.25, 0.3) is 11.2 Å². The molecule has 0 radical (unpaired) electrons. The molecule has 0 bridgehead atoms. The van der Waals surface area contributed by atoms with Crippen LogP contribution in [0.1, 0.15) is 27.0 Å². The van der Waals surface area contributed by atoms with Crippen LogP contribution in [0.3, 0.4) is 0 Å². The van der Waals surface area contributed by atoms with E-state index in [1.807, 2.05) is 19.0 Å². The van der Waals surface area contributed by atoms with Crippen molar-refractivity contribution >= 4 is 41.7 Å². The third-order valence-electron chi connectivity index (χ3n) is 6.21. The van der Waals surface area contributed by atoms with E-state index in [0.29, 0.717) is 13.1 Å². The van der Waals surface area contributed by atoms with Gasteiger partial charge < -0.3 is 25.6 Å². The molecule has 0 saturated carbocycles. The number of aromatic amines is 1. The number of carbonyl (C=O) groups excluding carboxylic acids is 1. The lowest BCUT2D eigenvalue weighted by molar-refractivity contribution is -0.119. The van der Waals surface area contributed by atoms with Crippen molar-refractivity contribution in [2.45, 2.75) is 39.2 Å². The van der Waals surface area contributed by atoms with E-state index in [-0.39, 0.29) is 47.8 Å². The second-order valence-corrected chi connectivity index (χ2v) is 13.1. The van der Waals surface area contributed by atoms with E-state index in [1.165, 1.54) is 10.9 Å². The standard InChI is InChI=1S/C22H38N7O8PS/c1-13-16(31)14(37-19(13)29-12-24-15-17(29)26-21(23)27-18(15)32)10-36-38(34,25-6-7-28(4)5)35-8-9-39-20(33)22(2,3)11-30/h12-14,16,19,30-31H,6-11H2,1-5H3,(H,25,34)(H3,23,26,27,32). The highest BCUT2D eigenvalue weighted by molar-refractivity contribution is 8.13. The highest BCUT2D eigenvalue weighted by atomic mass is 32.2. The quantitative estimate of drug-likeness (QED) is 0.147. The molecule has 17 heteroatoms. The first-order chi connectivity index (χ1) is 18.3. The van der Waals surface area contributed by atoms with Crippen molar-refractivity contribution in [3.8, 4) is 0 Å². The highest BCUT2D eigenvalue weighted by Gasteiger charge is 2.44. The molecule has 3 heterocycles. The zero-order chi connectivity index (χ0) is 29.0. The third kappa shape index (κ3) is 7.86. The molecule has 39 heavy (non-hydrogen) atoms. The van der Waals surface area contributed by atoms with Crippen LogP contribution in [-0.4, -0.2) is 105 Å². The number of thioether (sulfide) groups is 1. The number of rotatable bonds is 14. The molecule has 15 nitrogen and oxygen atoms in total. The number of nitrogens with one attached hydrogen (secondary N) is 2. The molecular formula is C22H38N7O8PS. The van der Waals surface area contributed by atoms with Crippen molar-refractivity contribution in [1.29, 1.82) is 0 Å². The Hall–Kier alpha value is -1.88. The van der Waals surface area contributed by atoms with Gasteiger partial charge in [0.1, 0.15) is 12.3 Å². The van der Waals surface area contributed by atoms with Gasteiger partial charge in [-0.05, 0) is 27.9 Å². The molecule has 0 spiro atoms. The number of hydrogen-bond donors (Lipinski definition) is 5. The number of nitrogens with zero attached hydrogens (tertiary/aromatic N) is 4. The van der Waals surface area contributed by atoms with Crippen molar-refractivity contribution in [2.24, 2.45) is 11.3 Å². The van der Waals surface area contributed by atoms with Crippen LogP contribution in [0.15, 0.2) is 11.1 Å². The molecule has 220 valence electrons. The number of fused-ring (bicyclic) bond motifs is 1. The number of aromatic nitrogens is 4. The summed E-state index contributed by atoms with van der Waals surface area (Å²) >= 11 is 0.974. The lowest BCUT2D eigenvalue weighted by Gasteiger charge is -2.23. The number of ether oxygens (including phenoxy) is 1. The number of hydrogen-bond acceptors (Lipinski definition) is 13. The first-order valence-electron chi connectivity index (χ1n) is 12.4. The Labute approximate surface area is 230 Å². The number of H-pyrrole nitrogens is 1. The average Bonchev–Trinajstić information content (AvgIpc) is 3.41. The molecule has 5 unspecified atom stereocenters.